The maximum atomic E-state index is 2.42. The number of fused-ring (bicyclic) bond motifs is 7. The van der Waals surface area contributed by atoms with E-state index in [9.17, 15) is 0 Å². The Kier molecular flexibility index (Phi) is 9.91. The fraction of sp³-hybridized carbons (Fsp3) is 0. The van der Waals surface area contributed by atoms with Crippen LogP contribution in [0.3, 0.4) is 0 Å². The summed E-state index contributed by atoms with van der Waals surface area (Å²) in [6.45, 7) is 0. The lowest BCUT2D eigenvalue weighted by Crippen LogP contribution is -2.10. The summed E-state index contributed by atoms with van der Waals surface area (Å²) in [6.07, 6.45) is 0. The zero-order chi connectivity index (χ0) is 45.7. The molecule has 322 valence electrons. The standard InChI is InChI=1S/C68H45N/c1-3-17-49(18-4-1)67-64-29-14-13-27-61(64)63-41-36-54(44-66(63)68(67)50-19-5-2-6-20-50)52-23-15-24-58(43-52)69(56-37-32-47(33-38-56)53-31-30-46-16-7-8-21-51(46)42-53)57-39-34-48(35-40-57)65-45-55-22-9-10-25-59(55)60-26-11-12-28-62(60)65/h1-45H. The van der Waals surface area contributed by atoms with Crippen LogP contribution < -0.4 is 4.90 Å². The van der Waals surface area contributed by atoms with Gasteiger partial charge in [0.2, 0.25) is 0 Å². The Labute approximate surface area is 402 Å². The molecule has 0 fully saturated rings. The highest BCUT2D eigenvalue weighted by molar-refractivity contribution is 6.22. The summed E-state index contributed by atoms with van der Waals surface area (Å²) in [7, 11) is 0. The molecule has 0 saturated heterocycles. The summed E-state index contributed by atoms with van der Waals surface area (Å²) in [5.74, 6) is 0. The Hall–Kier alpha value is -9.04. The number of hydrogen-bond acceptors (Lipinski definition) is 1. The molecular formula is C68H45N. The molecule has 0 aliphatic rings. The van der Waals surface area contributed by atoms with E-state index in [1.807, 2.05) is 0 Å². The summed E-state index contributed by atoms with van der Waals surface area (Å²) < 4.78 is 0. The summed E-state index contributed by atoms with van der Waals surface area (Å²) in [5, 5.41) is 12.5. The second-order valence-corrected chi connectivity index (χ2v) is 18.0. The van der Waals surface area contributed by atoms with Gasteiger partial charge in [0.05, 0.1) is 0 Å². The minimum atomic E-state index is 1.08. The predicted molar refractivity (Wildman–Crippen MR) is 296 cm³/mol. The maximum absolute atomic E-state index is 2.42. The van der Waals surface area contributed by atoms with Gasteiger partial charge < -0.3 is 4.90 Å². The Bertz CT molecular complexity index is 4040. The van der Waals surface area contributed by atoms with Crippen LogP contribution in [0.25, 0.3) is 109 Å². The fourth-order valence-electron chi connectivity index (χ4n) is 10.7. The highest BCUT2D eigenvalue weighted by atomic mass is 15.1. The van der Waals surface area contributed by atoms with E-state index in [1.54, 1.807) is 0 Å². The molecule has 1 nitrogen and oxygen atoms in total. The normalized spacial score (nSPS) is 11.5. The van der Waals surface area contributed by atoms with Crippen LogP contribution in [-0.4, -0.2) is 0 Å². The smallest absolute Gasteiger partial charge is 0.0467 e. The van der Waals surface area contributed by atoms with E-state index < -0.39 is 0 Å². The zero-order valence-corrected chi connectivity index (χ0v) is 37.9. The van der Waals surface area contributed by atoms with Crippen LogP contribution in [0.1, 0.15) is 0 Å². The van der Waals surface area contributed by atoms with Crippen molar-refractivity contribution in [1.29, 1.82) is 0 Å². The molecule has 0 unspecified atom stereocenters. The van der Waals surface area contributed by atoms with E-state index in [0.29, 0.717) is 0 Å². The molecule has 0 bridgehead atoms. The van der Waals surface area contributed by atoms with E-state index in [-0.39, 0.29) is 0 Å². The van der Waals surface area contributed by atoms with Gasteiger partial charge in [0.1, 0.15) is 0 Å². The summed E-state index contributed by atoms with van der Waals surface area (Å²) in [6, 6.07) is 100. The molecular weight excluding hydrogens is 831 g/mol. The van der Waals surface area contributed by atoms with Crippen molar-refractivity contribution in [3.63, 3.8) is 0 Å². The molecule has 0 radical (unpaired) electrons. The molecule has 1 heteroatoms. The average molecular weight is 876 g/mol. The molecule has 13 rings (SSSR count). The second kappa shape index (κ2) is 17.0. The van der Waals surface area contributed by atoms with Crippen molar-refractivity contribution in [2.24, 2.45) is 0 Å². The number of nitrogens with zero attached hydrogens (tertiary/aromatic N) is 1. The van der Waals surface area contributed by atoms with Gasteiger partial charge in [0, 0.05) is 17.1 Å². The van der Waals surface area contributed by atoms with Crippen LogP contribution >= 0.6 is 0 Å². The first-order valence-electron chi connectivity index (χ1n) is 23.8. The first-order chi connectivity index (χ1) is 34.2. The molecule has 69 heavy (non-hydrogen) atoms. The fourth-order valence-corrected chi connectivity index (χ4v) is 10.7. The maximum Gasteiger partial charge on any atom is 0.0467 e. The minimum absolute atomic E-state index is 1.08. The van der Waals surface area contributed by atoms with E-state index in [0.717, 1.165) is 22.6 Å². The molecule has 13 aromatic carbocycles. The van der Waals surface area contributed by atoms with Crippen molar-refractivity contribution < 1.29 is 0 Å². The molecule has 0 aliphatic heterocycles. The van der Waals surface area contributed by atoms with Gasteiger partial charge in [-0.25, -0.2) is 0 Å². The number of rotatable bonds is 8. The summed E-state index contributed by atoms with van der Waals surface area (Å²) >= 11 is 0. The van der Waals surface area contributed by atoms with Gasteiger partial charge >= 0.3 is 0 Å². The molecule has 0 heterocycles. The Morgan fingerprint density at radius 3 is 1.35 bits per heavy atom. The van der Waals surface area contributed by atoms with Crippen LogP contribution in [0.15, 0.2) is 273 Å². The Morgan fingerprint density at radius 1 is 0.188 bits per heavy atom. The van der Waals surface area contributed by atoms with E-state index in [4.69, 9.17) is 0 Å². The van der Waals surface area contributed by atoms with Crippen LogP contribution in [0.2, 0.25) is 0 Å². The number of hydrogen-bond donors (Lipinski definition) is 0. The van der Waals surface area contributed by atoms with Gasteiger partial charge in [-0.1, -0.05) is 218 Å². The van der Waals surface area contributed by atoms with Crippen LogP contribution in [0, 0.1) is 0 Å². The minimum Gasteiger partial charge on any atom is -0.310 e. The molecule has 13 aromatic rings. The number of anilines is 3. The van der Waals surface area contributed by atoms with Crippen molar-refractivity contribution in [2.45, 2.75) is 0 Å². The summed E-state index contributed by atoms with van der Waals surface area (Å²) in [5.41, 5.74) is 15.3. The quantitative estimate of drug-likeness (QED) is 0.138. The van der Waals surface area contributed by atoms with Gasteiger partial charge in [-0.15, -0.1) is 0 Å². The monoisotopic (exact) mass is 875 g/mol. The Balaban J connectivity index is 0.961. The molecule has 0 amide bonds. The lowest BCUT2D eigenvalue weighted by atomic mass is 9.84. The van der Waals surface area contributed by atoms with Gasteiger partial charge in [0.15, 0.2) is 0 Å². The molecule has 0 spiro atoms. The van der Waals surface area contributed by atoms with E-state index >= 15 is 0 Å². The molecule has 0 aromatic heterocycles. The van der Waals surface area contributed by atoms with Gasteiger partial charge in [-0.3, -0.25) is 0 Å². The lowest BCUT2D eigenvalue weighted by Gasteiger charge is -2.26. The van der Waals surface area contributed by atoms with Crippen LogP contribution in [-0.2, 0) is 0 Å². The van der Waals surface area contributed by atoms with Gasteiger partial charge in [-0.2, -0.15) is 0 Å². The Morgan fingerprint density at radius 2 is 0.652 bits per heavy atom. The average Bonchev–Trinajstić information content (AvgIpc) is 3.43. The zero-order valence-electron chi connectivity index (χ0n) is 37.9. The first-order valence-corrected chi connectivity index (χ1v) is 23.8. The highest BCUT2D eigenvalue weighted by Gasteiger charge is 2.20. The topological polar surface area (TPSA) is 3.24 Å². The van der Waals surface area contributed by atoms with Gasteiger partial charge in [0.25, 0.3) is 0 Å². The number of benzene rings is 13. The van der Waals surface area contributed by atoms with Crippen molar-refractivity contribution in [1.82, 2.24) is 0 Å². The van der Waals surface area contributed by atoms with Crippen LogP contribution in [0.4, 0.5) is 17.1 Å². The second-order valence-electron chi connectivity index (χ2n) is 18.0. The van der Waals surface area contributed by atoms with Crippen molar-refractivity contribution in [3.05, 3.63) is 273 Å². The molecule has 0 aliphatic carbocycles. The molecule has 0 atom stereocenters. The van der Waals surface area contributed by atoms with E-state index in [2.05, 4.69) is 278 Å². The van der Waals surface area contributed by atoms with Crippen molar-refractivity contribution in [2.75, 3.05) is 4.90 Å². The largest absolute Gasteiger partial charge is 0.310 e. The third-order valence-corrected chi connectivity index (χ3v) is 14.0. The highest BCUT2D eigenvalue weighted by Crippen LogP contribution is 2.46. The first kappa shape index (κ1) is 40.3. The van der Waals surface area contributed by atoms with E-state index in [1.165, 1.54) is 104 Å². The predicted octanol–water partition coefficient (Wildman–Crippen LogP) is 19.3. The van der Waals surface area contributed by atoms with Crippen LogP contribution in [0.5, 0.6) is 0 Å². The molecule has 0 saturated carbocycles. The lowest BCUT2D eigenvalue weighted by molar-refractivity contribution is 1.28. The third kappa shape index (κ3) is 7.20. The third-order valence-electron chi connectivity index (χ3n) is 14.0. The van der Waals surface area contributed by atoms with Crippen molar-refractivity contribution >= 4 is 70.9 Å². The van der Waals surface area contributed by atoms with Crippen molar-refractivity contribution in [3.8, 4) is 55.6 Å². The SMILES string of the molecule is c1ccc(-c2c(-c3ccccc3)c3cc(-c4cccc(N(c5ccc(-c6ccc7ccccc7c6)cc5)c5ccc(-c6cc7ccccc7c7ccccc67)cc5)c4)ccc3c3ccccc23)cc1. The van der Waals surface area contributed by atoms with Gasteiger partial charge in [-0.05, 0) is 164 Å². The molecule has 0 N–H and O–H groups in total. The summed E-state index contributed by atoms with van der Waals surface area (Å²) in [4.78, 5) is 2.40.